The van der Waals surface area contributed by atoms with E-state index in [1.807, 2.05) is 54.6 Å². The SMILES string of the molecule is O=C(c1ccccc1)c1nc(Cc2ccncc2)c2ccccc2n1. The summed E-state index contributed by atoms with van der Waals surface area (Å²) in [6, 6.07) is 20.8. The van der Waals surface area contributed by atoms with Crippen LogP contribution in [0, 0.1) is 0 Å². The summed E-state index contributed by atoms with van der Waals surface area (Å²) in [4.78, 5) is 25.9. The Labute approximate surface area is 145 Å². The van der Waals surface area contributed by atoms with Crippen LogP contribution in [0.25, 0.3) is 10.9 Å². The second-order valence-electron chi connectivity index (χ2n) is 5.74. The largest absolute Gasteiger partial charge is 0.285 e. The molecular weight excluding hydrogens is 310 g/mol. The van der Waals surface area contributed by atoms with Gasteiger partial charge in [-0.25, -0.2) is 9.97 Å². The Kier molecular flexibility index (Phi) is 4.01. The molecule has 0 bridgehead atoms. The number of hydrogen-bond donors (Lipinski definition) is 0. The van der Waals surface area contributed by atoms with Crippen LogP contribution in [0.1, 0.15) is 27.4 Å². The quantitative estimate of drug-likeness (QED) is 0.535. The Bertz CT molecular complexity index is 1030. The number of pyridine rings is 1. The first kappa shape index (κ1) is 15.1. The van der Waals surface area contributed by atoms with Gasteiger partial charge in [0.05, 0.1) is 11.2 Å². The molecule has 0 saturated carbocycles. The van der Waals surface area contributed by atoms with Gasteiger partial charge in [-0.05, 0) is 23.8 Å². The van der Waals surface area contributed by atoms with Crippen LogP contribution in [-0.2, 0) is 6.42 Å². The zero-order valence-electron chi connectivity index (χ0n) is 13.5. The second-order valence-corrected chi connectivity index (χ2v) is 5.74. The highest BCUT2D eigenvalue weighted by Crippen LogP contribution is 2.20. The molecule has 0 spiro atoms. The highest BCUT2D eigenvalue weighted by atomic mass is 16.1. The van der Waals surface area contributed by atoms with Crippen molar-refractivity contribution in [3.63, 3.8) is 0 Å². The minimum absolute atomic E-state index is 0.165. The molecule has 0 aliphatic carbocycles. The summed E-state index contributed by atoms with van der Waals surface area (Å²) in [5.41, 5.74) is 3.31. The van der Waals surface area contributed by atoms with Crippen molar-refractivity contribution < 1.29 is 4.79 Å². The predicted octanol–water partition coefficient (Wildman–Crippen LogP) is 3.85. The fraction of sp³-hybridized carbons (Fsp3) is 0.0476. The van der Waals surface area contributed by atoms with Gasteiger partial charge >= 0.3 is 0 Å². The fourth-order valence-electron chi connectivity index (χ4n) is 2.79. The lowest BCUT2D eigenvalue weighted by atomic mass is 10.1. The van der Waals surface area contributed by atoms with Crippen molar-refractivity contribution in [2.24, 2.45) is 0 Å². The van der Waals surface area contributed by atoms with E-state index >= 15 is 0 Å². The molecule has 0 unspecified atom stereocenters. The van der Waals surface area contributed by atoms with E-state index in [1.54, 1.807) is 24.5 Å². The van der Waals surface area contributed by atoms with Crippen LogP contribution in [0.15, 0.2) is 79.1 Å². The van der Waals surface area contributed by atoms with Crippen molar-refractivity contribution >= 4 is 16.7 Å². The average Bonchev–Trinajstić information content (AvgIpc) is 2.69. The summed E-state index contributed by atoms with van der Waals surface area (Å²) in [6.07, 6.45) is 4.14. The van der Waals surface area contributed by atoms with Gasteiger partial charge in [-0.1, -0.05) is 48.5 Å². The lowest BCUT2D eigenvalue weighted by Crippen LogP contribution is -2.10. The first-order valence-electron chi connectivity index (χ1n) is 8.05. The molecule has 25 heavy (non-hydrogen) atoms. The Hall–Kier alpha value is -3.40. The first-order valence-corrected chi connectivity index (χ1v) is 8.05. The zero-order chi connectivity index (χ0) is 17.1. The Morgan fingerprint density at radius 2 is 1.52 bits per heavy atom. The van der Waals surface area contributed by atoms with E-state index in [0.717, 1.165) is 22.2 Å². The van der Waals surface area contributed by atoms with E-state index in [2.05, 4.69) is 15.0 Å². The van der Waals surface area contributed by atoms with Crippen molar-refractivity contribution in [1.82, 2.24) is 15.0 Å². The van der Waals surface area contributed by atoms with Crippen LogP contribution in [0.5, 0.6) is 0 Å². The smallest absolute Gasteiger partial charge is 0.230 e. The van der Waals surface area contributed by atoms with Gasteiger partial charge in [-0.15, -0.1) is 0 Å². The van der Waals surface area contributed by atoms with E-state index < -0.39 is 0 Å². The van der Waals surface area contributed by atoms with E-state index in [9.17, 15) is 4.79 Å². The molecule has 4 nitrogen and oxygen atoms in total. The van der Waals surface area contributed by atoms with Crippen LogP contribution in [-0.4, -0.2) is 20.7 Å². The van der Waals surface area contributed by atoms with Gasteiger partial charge in [0.1, 0.15) is 0 Å². The van der Waals surface area contributed by atoms with Crippen molar-refractivity contribution in [1.29, 1.82) is 0 Å². The molecule has 0 aliphatic heterocycles. The molecule has 2 aromatic carbocycles. The summed E-state index contributed by atoms with van der Waals surface area (Å²) in [5.74, 6) is 0.0660. The maximum absolute atomic E-state index is 12.8. The lowest BCUT2D eigenvalue weighted by molar-refractivity contribution is 0.102. The van der Waals surface area contributed by atoms with E-state index in [1.165, 1.54) is 0 Å². The monoisotopic (exact) mass is 325 g/mol. The molecule has 0 radical (unpaired) electrons. The molecule has 4 aromatic rings. The summed E-state index contributed by atoms with van der Waals surface area (Å²) >= 11 is 0. The summed E-state index contributed by atoms with van der Waals surface area (Å²) in [7, 11) is 0. The number of fused-ring (bicyclic) bond motifs is 1. The van der Waals surface area contributed by atoms with Crippen LogP contribution in [0.2, 0.25) is 0 Å². The van der Waals surface area contributed by atoms with Gasteiger partial charge in [-0.3, -0.25) is 9.78 Å². The molecule has 120 valence electrons. The van der Waals surface area contributed by atoms with Crippen molar-refractivity contribution in [2.75, 3.05) is 0 Å². The van der Waals surface area contributed by atoms with Crippen molar-refractivity contribution in [3.8, 4) is 0 Å². The average molecular weight is 325 g/mol. The highest BCUT2D eigenvalue weighted by molar-refractivity contribution is 6.07. The second kappa shape index (κ2) is 6.61. The number of carbonyl (C=O) groups is 1. The van der Waals surface area contributed by atoms with Gasteiger partial charge in [-0.2, -0.15) is 0 Å². The molecule has 0 N–H and O–H groups in total. The molecule has 4 heteroatoms. The van der Waals surface area contributed by atoms with Gasteiger partial charge in [0.25, 0.3) is 0 Å². The van der Waals surface area contributed by atoms with E-state index in [-0.39, 0.29) is 11.6 Å². The Balaban J connectivity index is 1.82. The third kappa shape index (κ3) is 3.15. The number of rotatable bonds is 4. The number of para-hydroxylation sites is 1. The molecule has 0 atom stereocenters. The standard InChI is InChI=1S/C21H15N3O/c25-20(16-6-2-1-3-7-16)21-23-18-9-5-4-8-17(18)19(24-21)14-15-10-12-22-13-11-15/h1-13H,14H2. The molecule has 2 heterocycles. The zero-order valence-corrected chi connectivity index (χ0v) is 13.5. The van der Waals surface area contributed by atoms with E-state index in [4.69, 9.17) is 0 Å². The van der Waals surface area contributed by atoms with Gasteiger partial charge < -0.3 is 0 Å². The number of hydrogen-bond acceptors (Lipinski definition) is 4. The third-order valence-electron chi connectivity index (χ3n) is 4.04. The van der Waals surface area contributed by atoms with Crippen molar-refractivity contribution in [2.45, 2.75) is 6.42 Å². The number of ketones is 1. The minimum Gasteiger partial charge on any atom is -0.285 e. The molecule has 0 fully saturated rings. The predicted molar refractivity (Wildman–Crippen MR) is 96.5 cm³/mol. The first-order chi connectivity index (χ1) is 12.3. The van der Waals surface area contributed by atoms with E-state index in [0.29, 0.717) is 12.0 Å². The van der Waals surface area contributed by atoms with Crippen molar-refractivity contribution in [3.05, 3.63) is 102 Å². The highest BCUT2D eigenvalue weighted by Gasteiger charge is 2.15. The van der Waals surface area contributed by atoms with Gasteiger partial charge in [0.2, 0.25) is 11.6 Å². The Morgan fingerprint density at radius 3 is 2.32 bits per heavy atom. The summed E-state index contributed by atoms with van der Waals surface area (Å²) in [6.45, 7) is 0. The third-order valence-corrected chi connectivity index (χ3v) is 4.04. The van der Waals surface area contributed by atoms with Gasteiger partial charge in [0.15, 0.2) is 0 Å². The van der Waals surface area contributed by atoms with Crippen LogP contribution in [0.3, 0.4) is 0 Å². The van der Waals surface area contributed by atoms with Crippen LogP contribution in [0.4, 0.5) is 0 Å². The molecule has 0 saturated heterocycles. The molecule has 2 aromatic heterocycles. The fourth-order valence-corrected chi connectivity index (χ4v) is 2.79. The molecule has 4 rings (SSSR count). The topological polar surface area (TPSA) is 55.7 Å². The van der Waals surface area contributed by atoms with Crippen LogP contribution >= 0.6 is 0 Å². The normalized spacial score (nSPS) is 10.7. The van der Waals surface area contributed by atoms with Crippen LogP contribution < -0.4 is 0 Å². The number of aromatic nitrogens is 3. The molecule has 0 amide bonds. The molecule has 0 aliphatic rings. The maximum atomic E-state index is 12.8. The summed E-state index contributed by atoms with van der Waals surface area (Å²) < 4.78 is 0. The van der Waals surface area contributed by atoms with Gasteiger partial charge in [0, 0.05) is 29.8 Å². The maximum Gasteiger partial charge on any atom is 0.230 e. The lowest BCUT2D eigenvalue weighted by Gasteiger charge is -2.08. The summed E-state index contributed by atoms with van der Waals surface area (Å²) in [5, 5.41) is 0.962. The molecular formula is C21H15N3O. The number of nitrogens with zero attached hydrogens (tertiary/aromatic N) is 3. The minimum atomic E-state index is -0.165. The Morgan fingerprint density at radius 1 is 0.800 bits per heavy atom. The number of carbonyl (C=O) groups excluding carboxylic acids is 1. The number of benzene rings is 2.